The molecule has 122 valence electrons. The molecule has 0 saturated carbocycles. The van der Waals surface area contributed by atoms with Gasteiger partial charge in [0.1, 0.15) is 0 Å². The number of nitrogens with one attached hydrogen (secondary N) is 1. The second-order valence-corrected chi connectivity index (χ2v) is 6.91. The summed E-state index contributed by atoms with van der Waals surface area (Å²) in [5.74, 6) is 0. The maximum Gasteiger partial charge on any atom is 0.491 e. The van der Waals surface area contributed by atoms with Gasteiger partial charge >= 0.3 is 7.12 Å². The summed E-state index contributed by atoms with van der Waals surface area (Å²) in [5, 5.41) is 11.9. The highest BCUT2D eigenvalue weighted by molar-refractivity contribution is 6.55. The number of nitriles is 1. The van der Waals surface area contributed by atoms with E-state index in [1.54, 1.807) is 0 Å². The third kappa shape index (κ3) is 4.03. The fourth-order valence-electron chi connectivity index (χ4n) is 2.44. The number of benzene rings is 1. The molecule has 5 heteroatoms. The molecule has 1 saturated heterocycles. The third-order valence-electron chi connectivity index (χ3n) is 4.55. The van der Waals surface area contributed by atoms with Crippen molar-refractivity contribution in [2.45, 2.75) is 45.3 Å². The minimum atomic E-state index is -0.355. The van der Waals surface area contributed by atoms with E-state index >= 15 is 0 Å². The van der Waals surface area contributed by atoms with E-state index in [2.05, 4.69) is 45.2 Å². The predicted molar refractivity (Wildman–Crippen MR) is 93.7 cm³/mol. The summed E-state index contributed by atoms with van der Waals surface area (Å²) in [6.45, 7) is 8.92. The Hall–Kier alpha value is -1.61. The molecule has 1 aromatic rings. The van der Waals surface area contributed by atoms with Gasteiger partial charge in [-0.1, -0.05) is 30.3 Å². The molecule has 23 heavy (non-hydrogen) atoms. The van der Waals surface area contributed by atoms with E-state index in [0.29, 0.717) is 13.0 Å². The van der Waals surface area contributed by atoms with Gasteiger partial charge < -0.3 is 14.6 Å². The van der Waals surface area contributed by atoms with Gasteiger partial charge in [-0.3, -0.25) is 0 Å². The van der Waals surface area contributed by atoms with Gasteiger partial charge in [-0.25, -0.2) is 0 Å². The molecule has 1 heterocycles. The van der Waals surface area contributed by atoms with E-state index < -0.39 is 0 Å². The molecule has 1 aromatic carbocycles. The van der Waals surface area contributed by atoms with Gasteiger partial charge in [-0.2, -0.15) is 5.26 Å². The summed E-state index contributed by atoms with van der Waals surface area (Å²) in [6.07, 6.45) is 2.53. The van der Waals surface area contributed by atoms with Crippen molar-refractivity contribution in [3.63, 3.8) is 0 Å². The molecule has 0 unspecified atom stereocenters. The zero-order chi connectivity index (χ0) is 17.1. The van der Waals surface area contributed by atoms with Crippen LogP contribution < -0.4 is 5.32 Å². The highest BCUT2D eigenvalue weighted by atomic mass is 16.7. The van der Waals surface area contributed by atoms with Gasteiger partial charge in [0.2, 0.25) is 0 Å². The molecule has 1 aliphatic rings. The lowest BCUT2D eigenvalue weighted by Gasteiger charge is -2.32. The second-order valence-electron chi connectivity index (χ2n) is 6.91. The average Bonchev–Trinajstić information content (AvgIpc) is 2.69. The summed E-state index contributed by atoms with van der Waals surface area (Å²) in [5.41, 5.74) is 2.46. The highest BCUT2D eigenvalue weighted by Gasteiger charge is 2.52. The smallest absolute Gasteiger partial charge is 0.400 e. The van der Waals surface area contributed by atoms with Crippen LogP contribution in [-0.4, -0.2) is 31.9 Å². The van der Waals surface area contributed by atoms with Crippen molar-refractivity contribution < 1.29 is 9.31 Å². The van der Waals surface area contributed by atoms with Gasteiger partial charge in [0, 0.05) is 6.54 Å². The zero-order valence-electron chi connectivity index (χ0n) is 14.6. The topological polar surface area (TPSA) is 54.3 Å². The molecule has 0 aliphatic carbocycles. The number of hydrogen-bond acceptors (Lipinski definition) is 4. The Morgan fingerprint density at radius 3 is 2.22 bits per heavy atom. The second kappa shape index (κ2) is 6.88. The van der Waals surface area contributed by atoms with Crippen molar-refractivity contribution in [3.05, 3.63) is 40.9 Å². The van der Waals surface area contributed by atoms with E-state index in [1.807, 2.05) is 31.3 Å². The van der Waals surface area contributed by atoms with Crippen molar-refractivity contribution in [2.75, 3.05) is 13.6 Å². The zero-order valence-corrected chi connectivity index (χ0v) is 14.6. The SMILES string of the molecule is CNCC(=Cc1ccc(CC#N)cc1)B1OC(C)(C)C(C)(C)O1. The van der Waals surface area contributed by atoms with Gasteiger partial charge in [0.25, 0.3) is 0 Å². The van der Waals surface area contributed by atoms with Gasteiger partial charge in [-0.15, -0.1) is 0 Å². The maximum absolute atomic E-state index is 8.74. The number of hydrogen-bond donors (Lipinski definition) is 1. The Morgan fingerprint density at radius 1 is 1.17 bits per heavy atom. The Morgan fingerprint density at radius 2 is 1.74 bits per heavy atom. The number of likely N-dealkylation sites (N-methyl/N-ethyl adjacent to an activating group) is 1. The summed E-state index contributed by atoms with van der Waals surface area (Å²) < 4.78 is 12.3. The van der Waals surface area contributed by atoms with E-state index in [-0.39, 0.29) is 18.3 Å². The van der Waals surface area contributed by atoms with Crippen LogP contribution in [0.3, 0.4) is 0 Å². The first-order chi connectivity index (χ1) is 10.8. The Kier molecular flexibility index (Phi) is 5.31. The maximum atomic E-state index is 8.74. The van der Waals surface area contributed by atoms with Gasteiger partial charge in [-0.05, 0) is 51.3 Å². The van der Waals surface area contributed by atoms with Crippen LogP contribution >= 0.6 is 0 Å². The van der Waals surface area contributed by atoms with Crippen molar-refractivity contribution >= 4 is 13.2 Å². The van der Waals surface area contributed by atoms with Crippen molar-refractivity contribution in [3.8, 4) is 6.07 Å². The van der Waals surface area contributed by atoms with Crippen molar-refractivity contribution in [1.82, 2.24) is 5.32 Å². The van der Waals surface area contributed by atoms with Crippen molar-refractivity contribution in [2.24, 2.45) is 0 Å². The van der Waals surface area contributed by atoms with Crippen LogP contribution in [-0.2, 0) is 15.7 Å². The van der Waals surface area contributed by atoms with E-state index in [9.17, 15) is 0 Å². The number of nitrogens with zero attached hydrogens (tertiary/aromatic N) is 1. The summed E-state index contributed by atoms with van der Waals surface area (Å²) in [6, 6.07) is 10.2. The van der Waals surface area contributed by atoms with Crippen LogP contribution in [0.2, 0.25) is 0 Å². The third-order valence-corrected chi connectivity index (χ3v) is 4.55. The standard InChI is InChI=1S/C18H25BN2O2/c1-17(2)18(3,4)23-19(22-17)16(13-21-5)12-15-8-6-14(7-9-15)10-11-20/h6-9,12,21H,10,13H2,1-5H3. The normalized spacial score (nSPS) is 19.7. The quantitative estimate of drug-likeness (QED) is 0.849. The van der Waals surface area contributed by atoms with E-state index in [4.69, 9.17) is 14.6 Å². The molecule has 0 radical (unpaired) electrons. The predicted octanol–water partition coefficient (Wildman–Crippen LogP) is 2.99. The molecular formula is C18H25BN2O2. The first-order valence-corrected chi connectivity index (χ1v) is 7.95. The molecule has 0 atom stereocenters. The lowest BCUT2D eigenvalue weighted by molar-refractivity contribution is 0.00578. The molecule has 0 bridgehead atoms. The fourth-order valence-corrected chi connectivity index (χ4v) is 2.44. The van der Waals surface area contributed by atoms with E-state index in [0.717, 1.165) is 16.6 Å². The van der Waals surface area contributed by atoms with Crippen LogP contribution in [0.25, 0.3) is 6.08 Å². The first kappa shape index (κ1) is 17.7. The lowest BCUT2D eigenvalue weighted by atomic mass is 9.77. The van der Waals surface area contributed by atoms with E-state index in [1.165, 1.54) is 0 Å². The molecule has 0 aromatic heterocycles. The largest absolute Gasteiger partial charge is 0.491 e. The number of rotatable bonds is 5. The Balaban J connectivity index is 2.23. The molecule has 0 spiro atoms. The summed E-state index contributed by atoms with van der Waals surface area (Å²) in [4.78, 5) is 0. The Bertz CT molecular complexity index is 599. The Labute approximate surface area is 139 Å². The van der Waals surface area contributed by atoms with Gasteiger partial charge in [0.05, 0.1) is 23.7 Å². The molecule has 2 rings (SSSR count). The highest BCUT2D eigenvalue weighted by Crippen LogP contribution is 2.38. The average molecular weight is 312 g/mol. The van der Waals surface area contributed by atoms with Crippen LogP contribution in [0, 0.1) is 11.3 Å². The summed E-state index contributed by atoms with van der Waals surface area (Å²) >= 11 is 0. The molecule has 4 nitrogen and oxygen atoms in total. The summed E-state index contributed by atoms with van der Waals surface area (Å²) in [7, 11) is 1.56. The van der Waals surface area contributed by atoms with Crippen molar-refractivity contribution in [1.29, 1.82) is 5.26 Å². The minimum absolute atomic E-state index is 0.346. The van der Waals surface area contributed by atoms with Gasteiger partial charge in [0.15, 0.2) is 0 Å². The van der Waals surface area contributed by atoms with Crippen LogP contribution in [0.15, 0.2) is 29.7 Å². The minimum Gasteiger partial charge on any atom is -0.400 e. The molecule has 1 N–H and O–H groups in total. The van der Waals surface area contributed by atoms with Crippen LogP contribution in [0.5, 0.6) is 0 Å². The van der Waals surface area contributed by atoms with Crippen LogP contribution in [0.4, 0.5) is 0 Å². The molecule has 0 amide bonds. The first-order valence-electron chi connectivity index (χ1n) is 7.95. The molecular weight excluding hydrogens is 287 g/mol. The fraction of sp³-hybridized carbons (Fsp3) is 0.500. The molecule has 1 fully saturated rings. The van der Waals surface area contributed by atoms with Crippen LogP contribution in [0.1, 0.15) is 38.8 Å². The monoisotopic (exact) mass is 312 g/mol. The lowest BCUT2D eigenvalue weighted by Crippen LogP contribution is -2.41. The molecule has 1 aliphatic heterocycles.